The number of aromatic hydroxyl groups is 1. The quantitative estimate of drug-likeness (QED) is 0.339. The molecule has 3 rings (SSSR count). The van der Waals surface area contributed by atoms with Crippen LogP contribution in [-0.4, -0.2) is 49.1 Å². The highest BCUT2D eigenvalue weighted by Gasteiger charge is 2.25. The Morgan fingerprint density at radius 3 is 2.87 bits per heavy atom. The minimum atomic E-state index is -0.570. The summed E-state index contributed by atoms with van der Waals surface area (Å²) in [5.74, 6) is -0.260. The molecular weight excluding hydrogens is 460 g/mol. The van der Waals surface area contributed by atoms with E-state index in [1.165, 1.54) is 10.9 Å². The van der Waals surface area contributed by atoms with E-state index >= 15 is 0 Å². The van der Waals surface area contributed by atoms with Crippen molar-refractivity contribution in [3.63, 3.8) is 0 Å². The average molecular weight is 479 g/mol. The van der Waals surface area contributed by atoms with Crippen molar-refractivity contribution in [1.82, 2.24) is 30.7 Å². The molecule has 2 aromatic heterocycles. The van der Waals surface area contributed by atoms with E-state index in [0.717, 1.165) is 0 Å². The first-order valence-corrected chi connectivity index (χ1v) is 9.65. The Morgan fingerprint density at radius 1 is 1.47 bits per heavy atom. The van der Waals surface area contributed by atoms with Crippen LogP contribution in [0.1, 0.15) is 48.4 Å². The second-order valence-electron chi connectivity index (χ2n) is 6.34. The van der Waals surface area contributed by atoms with Gasteiger partial charge in [-0.25, -0.2) is 10.1 Å². The van der Waals surface area contributed by atoms with Gasteiger partial charge in [-0.05, 0) is 56.8 Å². The lowest BCUT2D eigenvalue weighted by Gasteiger charge is -2.09. The highest BCUT2D eigenvalue weighted by molar-refractivity contribution is 9.10. The minimum absolute atomic E-state index is 0.0159. The van der Waals surface area contributed by atoms with Crippen molar-refractivity contribution in [1.29, 1.82) is 0 Å². The van der Waals surface area contributed by atoms with Gasteiger partial charge in [0.25, 0.3) is 5.91 Å². The van der Waals surface area contributed by atoms with Crippen LogP contribution < -0.4 is 15.9 Å². The Bertz CT molecular complexity index is 1090. The Labute approximate surface area is 179 Å². The number of nitrogens with zero attached hydrogens (tertiary/aromatic N) is 6. The second kappa shape index (κ2) is 8.90. The zero-order valence-electron chi connectivity index (χ0n) is 16.3. The van der Waals surface area contributed by atoms with E-state index in [1.54, 1.807) is 19.1 Å². The zero-order chi connectivity index (χ0) is 21.8. The molecular formula is C17H19BrN8O4. The molecule has 0 radical (unpaired) electrons. The van der Waals surface area contributed by atoms with E-state index < -0.39 is 5.91 Å². The summed E-state index contributed by atoms with van der Waals surface area (Å²) in [5.41, 5.74) is 9.25. The molecule has 4 N–H and O–H groups in total. The summed E-state index contributed by atoms with van der Waals surface area (Å²) < 4.78 is 11.7. The lowest BCUT2D eigenvalue weighted by molar-refractivity contribution is 0.0948. The SMILES string of the molecule is CCOc1cc(/C=N\NC(=O)c2nnn(-c3nonc3N)c2C(C)C)cc(Br)c1O. The van der Waals surface area contributed by atoms with Crippen LogP contribution in [0.4, 0.5) is 5.82 Å². The predicted molar refractivity (Wildman–Crippen MR) is 110 cm³/mol. The normalized spacial score (nSPS) is 11.4. The molecule has 13 heteroatoms. The summed E-state index contributed by atoms with van der Waals surface area (Å²) >= 11 is 3.25. The number of nitrogen functional groups attached to an aromatic ring is 1. The summed E-state index contributed by atoms with van der Waals surface area (Å²) in [6, 6.07) is 3.22. The van der Waals surface area contributed by atoms with Crippen LogP contribution in [0.15, 0.2) is 26.3 Å². The summed E-state index contributed by atoms with van der Waals surface area (Å²) in [6.45, 7) is 5.91. The lowest BCUT2D eigenvalue weighted by Crippen LogP contribution is -2.21. The molecule has 158 valence electrons. The van der Waals surface area contributed by atoms with E-state index in [2.05, 4.69) is 51.7 Å². The number of ether oxygens (including phenoxy) is 1. The van der Waals surface area contributed by atoms with Gasteiger partial charge in [0, 0.05) is 0 Å². The van der Waals surface area contributed by atoms with Crippen molar-refractivity contribution < 1.29 is 19.3 Å². The molecule has 0 atom stereocenters. The van der Waals surface area contributed by atoms with Crippen LogP contribution in [0.2, 0.25) is 0 Å². The Balaban J connectivity index is 1.82. The van der Waals surface area contributed by atoms with Crippen molar-refractivity contribution >= 4 is 33.9 Å². The summed E-state index contributed by atoms with van der Waals surface area (Å²) in [5, 5.41) is 29.0. The van der Waals surface area contributed by atoms with Gasteiger partial charge in [-0.3, -0.25) is 4.79 Å². The van der Waals surface area contributed by atoms with E-state index in [0.29, 0.717) is 28.1 Å². The number of amides is 1. The molecule has 1 aromatic carbocycles. The fraction of sp³-hybridized carbons (Fsp3) is 0.294. The third-order valence-electron chi connectivity index (χ3n) is 3.89. The van der Waals surface area contributed by atoms with Crippen LogP contribution in [0.25, 0.3) is 5.82 Å². The van der Waals surface area contributed by atoms with Crippen molar-refractivity contribution in [2.45, 2.75) is 26.7 Å². The fourth-order valence-electron chi connectivity index (χ4n) is 2.62. The molecule has 1 amide bonds. The van der Waals surface area contributed by atoms with Gasteiger partial charge in [-0.1, -0.05) is 19.1 Å². The molecule has 0 saturated carbocycles. The first-order chi connectivity index (χ1) is 14.3. The van der Waals surface area contributed by atoms with Gasteiger partial charge >= 0.3 is 0 Å². The number of hydrogen-bond acceptors (Lipinski definition) is 10. The molecule has 0 saturated heterocycles. The summed E-state index contributed by atoms with van der Waals surface area (Å²) in [4.78, 5) is 12.6. The van der Waals surface area contributed by atoms with Gasteiger partial charge in [-0.15, -0.1) is 5.10 Å². The number of phenols is 1. The Morgan fingerprint density at radius 2 is 2.23 bits per heavy atom. The topological polar surface area (TPSA) is 167 Å². The van der Waals surface area contributed by atoms with Crippen molar-refractivity contribution in [3.8, 4) is 17.3 Å². The standard InChI is InChI=1S/C17H19BrN8O4/c1-4-29-11-6-9(5-10(18)14(11)27)7-20-22-17(28)12-13(8(2)3)26(25-21-12)16-15(19)23-30-24-16/h5-8,27H,4H2,1-3H3,(H2,19,23)(H,22,28)/b20-7-. The molecule has 0 fully saturated rings. The van der Waals surface area contributed by atoms with E-state index in [4.69, 9.17) is 10.5 Å². The van der Waals surface area contributed by atoms with Crippen molar-refractivity contribution in [3.05, 3.63) is 33.6 Å². The maximum atomic E-state index is 12.6. The number of aromatic nitrogens is 5. The van der Waals surface area contributed by atoms with Crippen LogP contribution in [0.3, 0.4) is 0 Å². The molecule has 3 aromatic rings. The number of phenolic OH excluding ortho intramolecular Hbond substituents is 1. The van der Waals surface area contributed by atoms with Gasteiger partial charge in [0.15, 0.2) is 17.2 Å². The number of halogens is 1. The van der Waals surface area contributed by atoms with Crippen LogP contribution >= 0.6 is 15.9 Å². The maximum absolute atomic E-state index is 12.6. The zero-order valence-corrected chi connectivity index (χ0v) is 17.9. The number of carbonyl (C=O) groups is 1. The van der Waals surface area contributed by atoms with Gasteiger partial charge in [0.1, 0.15) is 0 Å². The number of hydrogen-bond donors (Lipinski definition) is 3. The minimum Gasteiger partial charge on any atom is -0.503 e. The summed E-state index contributed by atoms with van der Waals surface area (Å²) in [7, 11) is 0. The molecule has 30 heavy (non-hydrogen) atoms. The third kappa shape index (κ3) is 4.25. The smallest absolute Gasteiger partial charge is 0.293 e. The largest absolute Gasteiger partial charge is 0.503 e. The average Bonchev–Trinajstić information content (AvgIpc) is 3.31. The Kier molecular flexibility index (Phi) is 6.30. The highest BCUT2D eigenvalue weighted by Crippen LogP contribution is 2.35. The Hall–Kier alpha value is -3.48. The first-order valence-electron chi connectivity index (χ1n) is 8.86. The molecule has 12 nitrogen and oxygen atoms in total. The van der Waals surface area contributed by atoms with E-state index in [-0.39, 0.29) is 29.0 Å². The van der Waals surface area contributed by atoms with Gasteiger partial charge in [-0.2, -0.15) is 9.78 Å². The second-order valence-corrected chi connectivity index (χ2v) is 7.20. The number of anilines is 1. The number of carbonyl (C=O) groups excluding carboxylic acids is 1. The molecule has 2 heterocycles. The third-order valence-corrected chi connectivity index (χ3v) is 4.50. The fourth-order valence-corrected chi connectivity index (χ4v) is 3.08. The molecule has 0 aliphatic heterocycles. The van der Waals surface area contributed by atoms with Gasteiger partial charge in [0.2, 0.25) is 11.6 Å². The van der Waals surface area contributed by atoms with Crippen LogP contribution in [-0.2, 0) is 0 Å². The van der Waals surface area contributed by atoms with Crippen molar-refractivity contribution in [2.24, 2.45) is 5.10 Å². The molecule has 0 aliphatic rings. The first kappa shape index (κ1) is 21.2. The van der Waals surface area contributed by atoms with Crippen molar-refractivity contribution in [2.75, 3.05) is 12.3 Å². The van der Waals surface area contributed by atoms with Gasteiger partial charge < -0.3 is 15.6 Å². The maximum Gasteiger partial charge on any atom is 0.293 e. The predicted octanol–water partition coefficient (Wildman–Crippen LogP) is 1.99. The molecule has 0 spiro atoms. The number of nitrogens with one attached hydrogen (secondary N) is 1. The molecule has 0 unspecified atom stereocenters. The monoisotopic (exact) mass is 478 g/mol. The number of benzene rings is 1. The van der Waals surface area contributed by atoms with E-state index in [1.807, 2.05) is 13.8 Å². The van der Waals surface area contributed by atoms with E-state index in [9.17, 15) is 9.90 Å². The van der Waals surface area contributed by atoms with Crippen LogP contribution in [0, 0.1) is 0 Å². The highest BCUT2D eigenvalue weighted by atomic mass is 79.9. The molecule has 0 aliphatic carbocycles. The number of hydrazone groups is 1. The molecule has 0 bridgehead atoms. The summed E-state index contributed by atoms with van der Waals surface area (Å²) in [6.07, 6.45) is 1.41. The van der Waals surface area contributed by atoms with Gasteiger partial charge in [0.05, 0.1) is 23.0 Å². The lowest BCUT2D eigenvalue weighted by atomic mass is 10.1. The number of nitrogens with two attached hydrogens (primary N) is 1. The number of rotatable bonds is 7. The van der Waals surface area contributed by atoms with Crippen LogP contribution in [0.5, 0.6) is 11.5 Å².